The highest BCUT2D eigenvalue weighted by molar-refractivity contribution is 7.10. The number of anilines is 1. The largest absolute Gasteiger partial charge is 0.443 e. The number of allylic oxidation sites excluding steroid dienone is 2. The van der Waals surface area contributed by atoms with Crippen molar-refractivity contribution < 1.29 is 13.2 Å². The standard InChI is InChI=1S/C15H6F3N5S/c16-15(17,18)14-23-13(8-24-14)9-2-1-3-11(4-9)22-12(7-21)10(5-19)6-20/h1-4,8,22H. The van der Waals surface area contributed by atoms with E-state index in [9.17, 15) is 13.2 Å². The van der Waals surface area contributed by atoms with E-state index in [1.165, 1.54) is 11.4 Å². The number of aromatic nitrogens is 1. The molecule has 1 heterocycles. The number of hydrogen-bond donors (Lipinski definition) is 1. The molecule has 0 atom stereocenters. The Morgan fingerprint density at radius 3 is 2.38 bits per heavy atom. The molecule has 1 N–H and O–H groups in total. The van der Waals surface area contributed by atoms with Crippen molar-refractivity contribution in [1.29, 1.82) is 15.8 Å². The first kappa shape index (κ1) is 17.0. The SMILES string of the molecule is N#CC(C#N)=C(C#N)Nc1cccc(-c2csc(C(F)(F)F)n2)c1. The third-order valence-electron chi connectivity index (χ3n) is 2.76. The zero-order chi connectivity index (χ0) is 17.7. The van der Waals surface area contributed by atoms with E-state index < -0.39 is 16.8 Å². The Bertz CT molecular complexity index is 906. The van der Waals surface area contributed by atoms with Crippen LogP contribution in [-0.4, -0.2) is 4.98 Å². The lowest BCUT2D eigenvalue weighted by molar-refractivity contribution is -0.137. The highest BCUT2D eigenvalue weighted by Crippen LogP contribution is 2.34. The van der Waals surface area contributed by atoms with E-state index in [1.54, 1.807) is 36.4 Å². The van der Waals surface area contributed by atoms with Crippen LogP contribution < -0.4 is 5.32 Å². The van der Waals surface area contributed by atoms with Crippen LogP contribution in [0.3, 0.4) is 0 Å². The van der Waals surface area contributed by atoms with Gasteiger partial charge in [0.05, 0.1) is 5.69 Å². The van der Waals surface area contributed by atoms with E-state index in [2.05, 4.69) is 10.3 Å². The Morgan fingerprint density at radius 1 is 1.12 bits per heavy atom. The van der Waals surface area contributed by atoms with Crippen LogP contribution >= 0.6 is 11.3 Å². The van der Waals surface area contributed by atoms with Crippen molar-refractivity contribution >= 4 is 17.0 Å². The summed E-state index contributed by atoms with van der Waals surface area (Å²) in [4.78, 5) is 3.54. The van der Waals surface area contributed by atoms with Gasteiger partial charge in [-0.2, -0.15) is 29.0 Å². The molecule has 0 amide bonds. The molecule has 0 fully saturated rings. The maximum absolute atomic E-state index is 12.6. The summed E-state index contributed by atoms with van der Waals surface area (Å²) in [5, 5.41) is 29.5. The topological polar surface area (TPSA) is 96.3 Å². The first-order chi connectivity index (χ1) is 11.4. The van der Waals surface area contributed by atoms with Crippen molar-refractivity contribution in [1.82, 2.24) is 4.98 Å². The molecular weight excluding hydrogens is 339 g/mol. The van der Waals surface area contributed by atoms with Gasteiger partial charge in [0.1, 0.15) is 23.9 Å². The summed E-state index contributed by atoms with van der Waals surface area (Å²) in [6, 6.07) is 11.0. The molecule has 0 spiro atoms. The molecule has 0 aliphatic heterocycles. The number of thiazole rings is 1. The van der Waals surface area contributed by atoms with E-state index in [0.717, 1.165) is 0 Å². The minimum atomic E-state index is -4.51. The first-order valence-corrected chi connectivity index (χ1v) is 7.11. The number of hydrogen-bond acceptors (Lipinski definition) is 6. The average molecular weight is 345 g/mol. The van der Waals surface area contributed by atoms with Crippen LogP contribution in [0.15, 0.2) is 40.9 Å². The van der Waals surface area contributed by atoms with Crippen molar-refractivity contribution in [2.75, 3.05) is 5.32 Å². The molecule has 0 saturated carbocycles. The fraction of sp³-hybridized carbons (Fsp3) is 0.0667. The summed E-state index contributed by atoms with van der Waals surface area (Å²) < 4.78 is 37.8. The zero-order valence-electron chi connectivity index (χ0n) is 11.7. The molecule has 0 saturated heterocycles. The first-order valence-electron chi connectivity index (χ1n) is 6.23. The van der Waals surface area contributed by atoms with Gasteiger partial charge >= 0.3 is 6.18 Å². The number of nitrogens with one attached hydrogen (secondary N) is 1. The molecule has 5 nitrogen and oxygen atoms in total. The van der Waals surface area contributed by atoms with Gasteiger partial charge in [-0.3, -0.25) is 0 Å². The van der Waals surface area contributed by atoms with Gasteiger partial charge in [-0.25, -0.2) is 4.98 Å². The number of alkyl halides is 3. The maximum Gasteiger partial charge on any atom is 0.443 e. The molecule has 0 aliphatic rings. The lowest BCUT2D eigenvalue weighted by Gasteiger charge is -2.06. The minimum Gasteiger partial charge on any atom is -0.345 e. The van der Waals surface area contributed by atoms with Gasteiger partial charge in [0, 0.05) is 16.6 Å². The van der Waals surface area contributed by atoms with E-state index in [4.69, 9.17) is 15.8 Å². The molecule has 0 bridgehead atoms. The Morgan fingerprint density at radius 2 is 1.83 bits per heavy atom. The van der Waals surface area contributed by atoms with E-state index >= 15 is 0 Å². The van der Waals surface area contributed by atoms with Crippen molar-refractivity contribution in [2.45, 2.75) is 6.18 Å². The predicted molar refractivity (Wildman–Crippen MR) is 80.0 cm³/mol. The van der Waals surface area contributed by atoms with Gasteiger partial charge in [0.15, 0.2) is 10.6 Å². The summed E-state index contributed by atoms with van der Waals surface area (Å²) in [5.41, 5.74) is 0.245. The van der Waals surface area contributed by atoms with Crippen molar-refractivity contribution in [3.8, 4) is 29.5 Å². The van der Waals surface area contributed by atoms with Gasteiger partial charge in [-0.05, 0) is 12.1 Å². The van der Waals surface area contributed by atoms with Crippen LogP contribution in [0.5, 0.6) is 0 Å². The van der Waals surface area contributed by atoms with Crippen molar-refractivity contribution in [3.63, 3.8) is 0 Å². The number of nitriles is 3. The monoisotopic (exact) mass is 345 g/mol. The molecule has 24 heavy (non-hydrogen) atoms. The summed E-state index contributed by atoms with van der Waals surface area (Å²) in [5.74, 6) is 0. The van der Waals surface area contributed by atoms with Crippen LogP contribution in [0, 0.1) is 34.0 Å². The summed E-state index contributed by atoms with van der Waals surface area (Å²) in [6.07, 6.45) is -4.51. The van der Waals surface area contributed by atoms with E-state index in [-0.39, 0.29) is 11.4 Å². The maximum atomic E-state index is 12.6. The zero-order valence-corrected chi connectivity index (χ0v) is 12.5. The Kier molecular flexibility index (Phi) is 4.84. The smallest absolute Gasteiger partial charge is 0.345 e. The third-order valence-corrected chi connectivity index (χ3v) is 3.65. The van der Waals surface area contributed by atoms with Crippen LogP contribution in [0.2, 0.25) is 0 Å². The van der Waals surface area contributed by atoms with Crippen LogP contribution in [0.4, 0.5) is 18.9 Å². The normalized spacial score (nSPS) is 10.2. The van der Waals surface area contributed by atoms with Gasteiger partial charge in [0.2, 0.25) is 0 Å². The summed E-state index contributed by atoms with van der Waals surface area (Å²) in [6.45, 7) is 0. The second-order valence-electron chi connectivity index (χ2n) is 4.33. The van der Waals surface area contributed by atoms with Crippen molar-refractivity contribution in [3.05, 3.63) is 45.9 Å². The number of halogens is 3. The Balaban J connectivity index is 2.36. The highest BCUT2D eigenvalue weighted by Gasteiger charge is 2.34. The van der Waals surface area contributed by atoms with Crippen molar-refractivity contribution in [2.24, 2.45) is 0 Å². The average Bonchev–Trinajstić information content (AvgIpc) is 3.05. The fourth-order valence-electron chi connectivity index (χ4n) is 1.72. The predicted octanol–water partition coefficient (Wildman–Crippen LogP) is 4.07. The second-order valence-corrected chi connectivity index (χ2v) is 5.18. The van der Waals surface area contributed by atoms with E-state index in [0.29, 0.717) is 22.6 Å². The summed E-state index contributed by atoms with van der Waals surface area (Å²) >= 11 is 0.483. The fourth-order valence-corrected chi connectivity index (χ4v) is 2.42. The van der Waals surface area contributed by atoms with Crippen LogP contribution in [0.1, 0.15) is 5.01 Å². The minimum absolute atomic E-state index is 0.138. The lowest BCUT2D eigenvalue weighted by Crippen LogP contribution is -2.03. The van der Waals surface area contributed by atoms with Gasteiger partial charge in [-0.15, -0.1) is 11.3 Å². The van der Waals surface area contributed by atoms with E-state index in [1.807, 2.05) is 0 Å². The van der Waals surface area contributed by atoms with Crippen LogP contribution in [0.25, 0.3) is 11.3 Å². The Labute approximate surface area is 138 Å². The number of rotatable bonds is 3. The molecular formula is C15H6F3N5S. The van der Waals surface area contributed by atoms with Gasteiger partial charge in [-0.1, -0.05) is 12.1 Å². The number of benzene rings is 1. The Hall–Kier alpha value is -3.35. The molecule has 2 aromatic rings. The van der Waals surface area contributed by atoms with Gasteiger partial charge < -0.3 is 5.32 Å². The molecule has 118 valence electrons. The quantitative estimate of drug-likeness (QED) is 0.846. The molecule has 9 heteroatoms. The summed E-state index contributed by atoms with van der Waals surface area (Å²) in [7, 11) is 0. The molecule has 0 unspecified atom stereocenters. The molecule has 0 radical (unpaired) electrons. The third kappa shape index (κ3) is 3.70. The second kappa shape index (κ2) is 6.82. The van der Waals surface area contributed by atoms with Gasteiger partial charge in [0.25, 0.3) is 0 Å². The highest BCUT2D eigenvalue weighted by atomic mass is 32.1. The number of nitrogens with zero attached hydrogens (tertiary/aromatic N) is 4. The molecule has 2 rings (SSSR count). The molecule has 0 aliphatic carbocycles. The molecule has 1 aromatic heterocycles. The lowest BCUT2D eigenvalue weighted by atomic mass is 10.1. The van der Waals surface area contributed by atoms with Crippen LogP contribution in [-0.2, 0) is 6.18 Å². The molecule has 1 aromatic carbocycles.